The van der Waals surface area contributed by atoms with Crippen LogP contribution in [0.2, 0.25) is 0 Å². The zero-order valence-electron chi connectivity index (χ0n) is 24.8. The van der Waals surface area contributed by atoms with Gasteiger partial charge in [0.1, 0.15) is 0 Å². The molecule has 0 amide bonds. The van der Waals surface area contributed by atoms with Crippen molar-refractivity contribution in [3.63, 3.8) is 0 Å². The van der Waals surface area contributed by atoms with Crippen LogP contribution >= 0.6 is 7.60 Å². The number of para-hydroxylation sites is 3. The summed E-state index contributed by atoms with van der Waals surface area (Å²) in [6.07, 6.45) is 0. The standard InChI is InChI=1S/C39H29N2O3P.CH4/c1-39(2)33-21-24(40-35-12-6-3-9-29(35)30-10-4-7-13-36(30)40)15-18-27(33)28-19-16-25(22-34(28)39)41-37-14-8-5-11-31(37)32-23-26(45(42,43)44)17-20-38(32)41;/h3-23H,1-2H3,(H2,42,43,44);1H4. The molecule has 2 heterocycles. The van der Waals surface area contributed by atoms with E-state index >= 15 is 0 Å². The smallest absolute Gasteiger partial charge is 0.321 e. The fourth-order valence-electron chi connectivity index (χ4n) is 7.61. The summed E-state index contributed by atoms with van der Waals surface area (Å²) in [5, 5.41) is 4.31. The maximum atomic E-state index is 12.1. The van der Waals surface area contributed by atoms with Gasteiger partial charge in [0, 0.05) is 38.3 Å². The van der Waals surface area contributed by atoms with Gasteiger partial charge in [-0.05, 0) is 82.9 Å². The van der Waals surface area contributed by atoms with Gasteiger partial charge in [0.05, 0.1) is 27.4 Å². The second-order valence-corrected chi connectivity index (χ2v) is 14.2. The van der Waals surface area contributed by atoms with Crippen molar-refractivity contribution in [1.29, 1.82) is 0 Å². The minimum atomic E-state index is -4.39. The first-order chi connectivity index (χ1) is 21.7. The van der Waals surface area contributed by atoms with Crippen LogP contribution in [-0.4, -0.2) is 18.9 Å². The molecule has 1 aliphatic carbocycles. The molecule has 9 rings (SSSR count). The van der Waals surface area contributed by atoms with Crippen LogP contribution in [0.5, 0.6) is 0 Å². The lowest BCUT2D eigenvalue weighted by Crippen LogP contribution is -2.16. The van der Waals surface area contributed by atoms with E-state index in [1.165, 1.54) is 44.1 Å². The number of aromatic nitrogens is 2. The van der Waals surface area contributed by atoms with E-state index in [1.807, 2.05) is 24.3 Å². The summed E-state index contributed by atoms with van der Waals surface area (Å²) in [5.41, 5.74) is 11.3. The number of hydrogen-bond donors (Lipinski definition) is 2. The Balaban J connectivity index is 0.00000312. The van der Waals surface area contributed by atoms with Crippen LogP contribution in [0, 0.1) is 0 Å². The van der Waals surface area contributed by atoms with Gasteiger partial charge in [0.15, 0.2) is 0 Å². The van der Waals surface area contributed by atoms with Crippen molar-refractivity contribution in [1.82, 2.24) is 9.13 Å². The van der Waals surface area contributed by atoms with Gasteiger partial charge < -0.3 is 18.9 Å². The van der Waals surface area contributed by atoms with Crippen LogP contribution in [0.25, 0.3) is 66.1 Å². The van der Waals surface area contributed by atoms with Crippen molar-refractivity contribution in [2.75, 3.05) is 0 Å². The van der Waals surface area contributed by atoms with Crippen molar-refractivity contribution >= 4 is 56.5 Å². The van der Waals surface area contributed by atoms with Gasteiger partial charge >= 0.3 is 7.60 Å². The molecule has 6 heteroatoms. The van der Waals surface area contributed by atoms with Crippen LogP contribution in [0.3, 0.4) is 0 Å². The molecule has 0 aliphatic heterocycles. The first-order valence-electron chi connectivity index (χ1n) is 15.1. The van der Waals surface area contributed by atoms with E-state index in [-0.39, 0.29) is 18.1 Å². The lowest BCUT2D eigenvalue weighted by Gasteiger charge is -2.23. The SMILES string of the molecule is C.CC1(C)c2cc(-n3c4ccccc4c4ccccc43)ccc2-c2ccc(-n3c4ccccc4c4cc(P(=O)(O)O)ccc43)cc21. The molecule has 226 valence electrons. The number of hydrogen-bond acceptors (Lipinski definition) is 1. The number of nitrogens with zero attached hydrogens (tertiary/aromatic N) is 2. The number of rotatable bonds is 3. The van der Waals surface area contributed by atoms with Crippen molar-refractivity contribution in [2.45, 2.75) is 26.7 Å². The van der Waals surface area contributed by atoms with E-state index in [0.717, 1.165) is 33.2 Å². The quantitative estimate of drug-likeness (QED) is 0.193. The Labute approximate surface area is 267 Å². The largest absolute Gasteiger partial charge is 0.356 e. The van der Waals surface area contributed by atoms with E-state index in [1.54, 1.807) is 12.1 Å². The Kier molecular flexibility index (Phi) is 6.07. The zero-order valence-corrected chi connectivity index (χ0v) is 25.7. The third-order valence-electron chi connectivity index (χ3n) is 9.73. The molecule has 0 saturated heterocycles. The molecule has 5 nitrogen and oxygen atoms in total. The third-order valence-corrected chi connectivity index (χ3v) is 10.7. The van der Waals surface area contributed by atoms with Gasteiger partial charge in [-0.15, -0.1) is 0 Å². The molecule has 0 radical (unpaired) electrons. The molecule has 6 aromatic carbocycles. The summed E-state index contributed by atoms with van der Waals surface area (Å²) in [7, 11) is -4.39. The number of fused-ring (bicyclic) bond motifs is 9. The average Bonchev–Trinajstić information content (AvgIpc) is 3.64. The molecule has 0 unspecified atom stereocenters. The number of benzene rings is 6. The van der Waals surface area contributed by atoms with E-state index in [9.17, 15) is 14.4 Å². The Morgan fingerprint density at radius 2 is 0.935 bits per heavy atom. The van der Waals surface area contributed by atoms with E-state index in [2.05, 4.69) is 114 Å². The first-order valence-corrected chi connectivity index (χ1v) is 16.7. The predicted octanol–water partition coefficient (Wildman–Crippen LogP) is 9.63. The minimum Gasteiger partial charge on any atom is -0.321 e. The highest BCUT2D eigenvalue weighted by atomic mass is 31.2. The first kappa shape index (κ1) is 28.5. The molecule has 0 atom stereocenters. The maximum Gasteiger partial charge on any atom is 0.356 e. The molecule has 0 saturated carbocycles. The molecule has 0 spiro atoms. The molecule has 46 heavy (non-hydrogen) atoms. The maximum absolute atomic E-state index is 12.1. The van der Waals surface area contributed by atoms with E-state index in [4.69, 9.17) is 0 Å². The third kappa shape index (κ3) is 3.86. The summed E-state index contributed by atoms with van der Waals surface area (Å²) in [5.74, 6) is 0. The predicted molar refractivity (Wildman–Crippen MR) is 191 cm³/mol. The molecule has 0 fully saturated rings. The molecular weight excluding hydrogens is 587 g/mol. The van der Waals surface area contributed by atoms with Crippen LogP contribution in [-0.2, 0) is 9.98 Å². The molecule has 2 N–H and O–H groups in total. The minimum absolute atomic E-state index is 0. The van der Waals surface area contributed by atoms with Crippen molar-refractivity contribution in [3.8, 4) is 22.5 Å². The molecule has 2 aromatic heterocycles. The Hall–Kier alpha value is -4.93. The summed E-state index contributed by atoms with van der Waals surface area (Å²) in [6.45, 7) is 4.60. The molecular formula is C40H33N2O3P. The van der Waals surface area contributed by atoms with Gasteiger partial charge in [0.2, 0.25) is 0 Å². The highest BCUT2D eigenvalue weighted by molar-refractivity contribution is 7.60. The Morgan fingerprint density at radius 1 is 0.522 bits per heavy atom. The Bertz CT molecular complexity index is 2530. The summed E-state index contributed by atoms with van der Waals surface area (Å²) < 4.78 is 16.7. The monoisotopic (exact) mass is 620 g/mol. The van der Waals surface area contributed by atoms with Crippen LogP contribution < -0.4 is 5.30 Å². The fraction of sp³-hybridized carbons (Fsp3) is 0.100. The van der Waals surface area contributed by atoms with Crippen LogP contribution in [0.15, 0.2) is 127 Å². The lowest BCUT2D eigenvalue weighted by atomic mass is 9.82. The normalized spacial score (nSPS) is 13.7. The van der Waals surface area contributed by atoms with Gasteiger partial charge in [-0.1, -0.05) is 88.0 Å². The van der Waals surface area contributed by atoms with Crippen molar-refractivity contribution in [2.24, 2.45) is 0 Å². The molecule has 8 aromatic rings. The lowest BCUT2D eigenvalue weighted by molar-refractivity contribution is 0.387. The second kappa shape index (κ2) is 9.78. The fourth-order valence-corrected chi connectivity index (χ4v) is 8.18. The highest BCUT2D eigenvalue weighted by Gasteiger charge is 2.36. The molecule has 1 aliphatic rings. The second-order valence-electron chi connectivity index (χ2n) is 12.6. The van der Waals surface area contributed by atoms with Crippen LogP contribution in [0.4, 0.5) is 0 Å². The Morgan fingerprint density at radius 3 is 1.39 bits per heavy atom. The summed E-state index contributed by atoms with van der Waals surface area (Å²) in [6, 6.07) is 43.8. The molecule has 0 bridgehead atoms. The summed E-state index contributed by atoms with van der Waals surface area (Å²) in [4.78, 5) is 19.8. The summed E-state index contributed by atoms with van der Waals surface area (Å²) >= 11 is 0. The van der Waals surface area contributed by atoms with E-state index < -0.39 is 7.60 Å². The van der Waals surface area contributed by atoms with Crippen molar-refractivity contribution < 1.29 is 14.4 Å². The average molecular weight is 621 g/mol. The topological polar surface area (TPSA) is 67.4 Å². The van der Waals surface area contributed by atoms with Gasteiger partial charge in [0.25, 0.3) is 0 Å². The highest BCUT2D eigenvalue weighted by Crippen LogP contribution is 2.50. The van der Waals surface area contributed by atoms with E-state index in [0.29, 0.717) is 0 Å². The zero-order chi connectivity index (χ0) is 30.7. The van der Waals surface area contributed by atoms with Gasteiger partial charge in [-0.25, -0.2) is 0 Å². The van der Waals surface area contributed by atoms with Gasteiger partial charge in [-0.2, -0.15) is 0 Å². The van der Waals surface area contributed by atoms with Crippen molar-refractivity contribution in [3.05, 3.63) is 139 Å². The van der Waals surface area contributed by atoms with Gasteiger partial charge in [-0.3, -0.25) is 4.57 Å². The van der Waals surface area contributed by atoms with Crippen LogP contribution in [0.1, 0.15) is 32.4 Å².